The standard InChI is InChI=1S/C24H24N4O3S2/c1-14(2)16-7-9-17(10-8-16)25-19(29)13-27-21-20(33-23(26-21)32-4)22(30)28(24(27)31)18-11-5-15(3)6-12-18/h5-12,14H,13H2,1-4H3,(H,25,29). The van der Waals surface area contributed by atoms with Crippen molar-refractivity contribution in [3.63, 3.8) is 0 Å². The first-order valence-corrected chi connectivity index (χ1v) is 12.5. The Morgan fingerprint density at radius 1 is 1.09 bits per heavy atom. The molecule has 0 spiro atoms. The van der Waals surface area contributed by atoms with Crippen LogP contribution in [0.5, 0.6) is 0 Å². The Balaban J connectivity index is 1.76. The van der Waals surface area contributed by atoms with Crippen LogP contribution in [0.2, 0.25) is 0 Å². The lowest BCUT2D eigenvalue weighted by Gasteiger charge is -2.12. The third-order valence-corrected chi connectivity index (χ3v) is 7.31. The largest absolute Gasteiger partial charge is 0.337 e. The van der Waals surface area contributed by atoms with Crippen molar-refractivity contribution >= 4 is 45.0 Å². The first-order valence-electron chi connectivity index (χ1n) is 10.5. The van der Waals surface area contributed by atoms with Crippen molar-refractivity contribution in [2.24, 2.45) is 0 Å². The van der Waals surface area contributed by atoms with Gasteiger partial charge in [0.25, 0.3) is 5.56 Å². The maximum atomic E-state index is 13.4. The van der Waals surface area contributed by atoms with Gasteiger partial charge in [0, 0.05) is 5.69 Å². The lowest BCUT2D eigenvalue weighted by Crippen LogP contribution is -2.40. The highest BCUT2D eigenvalue weighted by Gasteiger charge is 2.20. The molecule has 0 aliphatic carbocycles. The minimum absolute atomic E-state index is 0.230. The van der Waals surface area contributed by atoms with Gasteiger partial charge in [-0.2, -0.15) is 0 Å². The molecule has 0 saturated carbocycles. The smallest absolute Gasteiger partial charge is 0.325 e. The first-order chi connectivity index (χ1) is 15.8. The number of benzene rings is 2. The van der Waals surface area contributed by atoms with Gasteiger partial charge in [-0.05, 0) is 48.9 Å². The number of hydrogen-bond donors (Lipinski definition) is 1. The molecule has 4 aromatic rings. The predicted octanol–water partition coefficient (Wildman–Crippen LogP) is 4.40. The van der Waals surface area contributed by atoms with Crippen molar-refractivity contribution in [3.8, 4) is 5.69 Å². The molecule has 0 aliphatic heterocycles. The van der Waals surface area contributed by atoms with Crippen LogP contribution >= 0.6 is 23.1 Å². The molecule has 0 atom stereocenters. The zero-order valence-corrected chi connectivity index (χ0v) is 20.4. The highest BCUT2D eigenvalue weighted by molar-refractivity contribution is 8.00. The molecule has 1 amide bonds. The van der Waals surface area contributed by atoms with Gasteiger partial charge in [0.15, 0.2) is 9.99 Å². The summed E-state index contributed by atoms with van der Waals surface area (Å²) in [5, 5.41) is 2.83. The van der Waals surface area contributed by atoms with Crippen molar-refractivity contribution in [1.82, 2.24) is 14.1 Å². The van der Waals surface area contributed by atoms with Crippen LogP contribution in [-0.2, 0) is 11.3 Å². The Bertz CT molecular complexity index is 1430. The van der Waals surface area contributed by atoms with Crippen LogP contribution in [0, 0.1) is 6.92 Å². The van der Waals surface area contributed by atoms with Crippen molar-refractivity contribution in [3.05, 3.63) is 80.5 Å². The molecule has 33 heavy (non-hydrogen) atoms. The fourth-order valence-corrected chi connectivity index (χ4v) is 4.96. The van der Waals surface area contributed by atoms with Gasteiger partial charge in [0.2, 0.25) is 5.91 Å². The molecule has 2 heterocycles. The van der Waals surface area contributed by atoms with E-state index in [1.807, 2.05) is 49.6 Å². The fraction of sp³-hybridized carbons (Fsp3) is 0.250. The first kappa shape index (κ1) is 23.0. The van der Waals surface area contributed by atoms with Crippen LogP contribution in [0.4, 0.5) is 5.69 Å². The topological polar surface area (TPSA) is 86.0 Å². The Labute approximate surface area is 199 Å². The third-order valence-electron chi connectivity index (χ3n) is 5.29. The van der Waals surface area contributed by atoms with Crippen LogP contribution in [0.3, 0.4) is 0 Å². The Morgan fingerprint density at radius 3 is 2.36 bits per heavy atom. The summed E-state index contributed by atoms with van der Waals surface area (Å²) in [6, 6.07) is 14.7. The summed E-state index contributed by atoms with van der Waals surface area (Å²) in [7, 11) is 0. The summed E-state index contributed by atoms with van der Waals surface area (Å²) in [5.74, 6) is 0.0169. The molecule has 4 rings (SSSR count). The summed E-state index contributed by atoms with van der Waals surface area (Å²) >= 11 is 2.61. The molecule has 0 unspecified atom stereocenters. The molecule has 9 heteroatoms. The molecule has 7 nitrogen and oxygen atoms in total. The molecule has 0 radical (unpaired) electrons. The molecule has 0 fully saturated rings. The number of aryl methyl sites for hydroxylation is 1. The van der Waals surface area contributed by atoms with Crippen LogP contribution < -0.4 is 16.6 Å². The molecule has 0 saturated heterocycles. The SMILES string of the molecule is CSc1nc2c(s1)c(=O)n(-c1ccc(C)cc1)c(=O)n2CC(=O)Nc1ccc(C(C)C)cc1. The van der Waals surface area contributed by atoms with E-state index in [2.05, 4.69) is 24.1 Å². The molecular weight excluding hydrogens is 456 g/mol. The number of nitrogens with one attached hydrogen (secondary N) is 1. The molecule has 0 bridgehead atoms. The molecule has 1 N–H and O–H groups in total. The van der Waals surface area contributed by atoms with Gasteiger partial charge >= 0.3 is 5.69 Å². The normalized spacial score (nSPS) is 11.3. The van der Waals surface area contributed by atoms with Gasteiger partial charge in [0.1, 0.15) is 11.2 Å². The van der Waals surface area contributed by atoms with E-state index in [0.29, 0.717) is 26.3 Å². The van der Waals surface area contributed by atoms with E-state index in [9.17, 15) is 14.4 Å². The Kier molecular flexibility index (Phi) is 6.53. The number of carbonyl (C=O) groups excluding carboxylic acids is 1. The van der Waals surface area contributed by atoms with Gasteiger partial charge in [-0.15, -0.1) is 11.3 Å². The number of thiazole rings is 1. The molecule has 170 valence electrons. The number of anilines is 1. The third kappa shape index (κ3) is 4.65. The summed E-state index contributed by atoms with van der Waals surface area (Å²) in [4.78, 5) is 43.9. The van der Waals surface area contributed by atoms with Crippen LogP contribution in [0.15, 0.2) is 62.5 Å². The summed E-state index contributed by atoms with van der Waals surface area (Å²) < 4.78 is 3.37. The second-order valence-corrected chi connectivity index (χ2v) is 10.1. The molecule has 2 aromatic carbocycles. The van der Waals surface area contributed by atoms with E-state index in [0.717, 1.165) is 10.1 Å². The lowest BCUT2D eigenvalue weighted by molar-refractivity contribution is -0.116. The highest BCUT2D eigenvalue weighted by atomic mass is 32.2. The summed E-state index contributed by atoms with van der Waals surface area (Å²) in [6.45, 7) is 5.88. The highest BCUT2D eigenvalue weighted by Crippen LogP contribution is 2.25. The number of aromatic nitrogens is 3. The summed E-state index contributed by atoms with van der Waals surface area (Å²) in [6.07, 6.45) is 1.85. The maximum absolute atomic E-state index is 13.4. The van der Waals surface area contributed by atoms with E-state index >= 15 is 0 Å². The summed E-state index contributed by atoms with van der Waals surface area (Å²) in [5.41, 5.74) is 2.48. The van der Waals surface area contributed by atoms with E-state index in [-0.39, 0.29) is 18.1 Å². The number of nitrogens with zero attached hydrogens (tertiary/aromatic N) is 3. The van der Waals surface area contributed by atoms with Gasteiger partial charge < -0.3 is 5.32 Å². The zero-order chi connectivity index (χ0) is 23.7. The van der Waals surface area contributed by atoms with Crippen LogP contribution in [0.25, 0.3) is 16.0 Å². The lowest BCUT2D eigenvalue weighted by atomic mass is 10.0. The number of thioether (sulfide) groups is 1. The quantitative estimate of drug-likeness (QED) is 0.414. The second kappa shape index (κ2) is 9.36. The van der Waals surface area contributed by atoms with E-state index in [1.165, 1.54) is 33.2 Å². The second-order valence-electron chi connectivity index (χ2n) is 8.01. The van der Waals surface area contributed by atoms with Gasteiger partial charge in [-0.1, -0.05) is 55.4 Å². The number of rotatable bonds is 6. The zero-order valence-electron chi connectivity index (χ0n) is 18.8. The number of carbonyl (C=O) groups is 1. The predicted molar refractivity (Wildman–Crippen MR) is 135 cm³/mol. The van der Waals surface area contributed by atoms with E-state index < -0.39 is 11.2 Å². The minimum atomic E-state index is -0.598. The fourth-order valence-electron chi connectivity index (χ4n) is 3.46. The number of hydrogen-bond acceptors (Lipinski definition) is 6. The van der Waals surface area contributed by atoms with Crippen molar-refractivity contribution in [2.75, 3.05) is 11.6 Å². The van der Waals surface area contributed by atoms with Crippen molar-refractivity contribution in [1.29, 1.82) is 0 Å². The Morgan fingerprint density at radius 2 is 1.76 bits per heavy atom. The molecular formula is C24H24N4O3S2. The van der Waals surface area contributed by atoms with Gasteiger partial charge in [-0.25, -0.2) is 14.3 Å². The minimum Gasteiger partial charge on any atom is -0.325 e. The monoisotopic (exact) mass is 480 g/mol. The van der Waals surface area contributed by atoms with Gasteiger partial charge in [0.05, 0.1) is 5.69 Å². The van der Waals surface area contributed by atoms with E-state index in [1.54, 1.807) is 12.1 Å². The van der Waals surface area contributed by atoms with E-state index in [4.69, 9.17) is 0 Å². The van der Waals surface area contributed by atoms with Crippen molar-refractivity contribution in [2.45, 2.75) is 37.6 Å². The maximum Gasteiger partial charge on any atom is 0.337 e. The molecule has 2 aromatic heterocycles. The van der Waals surface area contributed by atoms with Crippen molar-refractivity contribution < 1.29 is 4.79 Å². The number of amides is 1. The average molecular weight is 481 g/mol. The van der Waals surface area contributed by atoms with Gasteiger partial charge in [-0.3, -0.25) is 14.2 Å². The van der Waals surface area contributed by atoms with Crippen LogP contribution in [-0.4, -0.2) is 26.3 Å². The Hall–Kier alpha value is -3.17. The average Bonchev–Trinajstić information content (AvgIpc) is 3.23. The molecule has 0 aliphatic rings. The van der Waals surface area contributed by atoms with Crippen LogP contribution in [0.1, 0.15) is 30.9 Å². The number of fused-ring (bicyclic) bond motifs is 1.